The average molecular weight is 235 g/mol. The van der Waals surface area contributed by atoms with Crippen molar-refractivity contribution in [3.05, 3.63) is 0 Å². The standard InChI is InChI=1S/C9H17NO2S2/c11-8(10-12)6-4-2-1-3-5-7-9(13)14/h12H,1-7H2,(H,10,11)(H,13,14). The van der Waals surface area contributed by atoms with Gasteiger partial charge in [0.05, 0.1) is 0 Å². The van der Waals surface area contributed by atoms with Crippen LogP contribution < -0.4 is 5.48 Å². The highest BCUT2D eigenvalue weighted by molar-refractivity contribution is 8.11. The molecule has 0 bridgehead atoms. The number of carbonyl (C=O) groups excluding carboxylic acids is 1. The molecule has 0 saturated heterocycles. The number of amides is 1. The van der Waals surface area contributed by atoms with Gasteiger partial charge in [-0.3, -0.25) is 10.0 Å². The first kappa shape index (κ1) is 13.9. The van der Waals surface area contributed by atoms with Gasteiger partial charge in [-0.1, -0.05) is 31.5 Å². The fourth-order valence-corrected chi connectivity index (χ4v) is 1.45. The molecule has 0 aromatic heterocycles. The summed E-state index contributed by atoms with van der Waals surface area (Å²) in [5.74, 6) is -0.304. The fraction of sp³-hybridized carbons (Fsp3) is 0.778. The van der Waals surface area contributed by atoms with Gasteiger partial charge < -0.3 is 0 Å². The van der Waals surface area contributed by atoms with Crippen LogP contribution in [-0.2, 0) is 4.79 Å². The number of unbranched alkanes of at least 4 members (excludes halogenated alkanes) is 4. The van der Waals surface area contributed by atoms with Crippen molar-refractivity contribution in [1.29, 1.82) is 0 Å². The summed E-state index contributed by atoms with van der Waals surface area (Å²) in [4.78, 5) is 10.6. The van der Waals surface area contributed by atoms with Crippen LogP contribution in [0.5, 0.6) is 0 Å². The van der Waals surface area contributed by atoms with Crippen LogP contribution in [0.15, 0.2) is 0 Å². The Labute approximate surface area is 95.6 Å². The lowest BCUT2D eigenvalue weighted by molar-refractivity contribution is -0.129. The van der Waals surface area contributed by atoms with E-state index in [1.165, 1.54) is 0 Å². The van der Waals surface area contributed by atoms with Gasteiger partial charge in [0.2, 0.25) is 5.91 Å². The summed E-state index contributed by atoms with van der Waals surface area (Å²) in [5, 5.41) is 8.21. The Hall–Kier alpha value is -0.130. The number of thiocarbonyl (C=S) groups is 1. The lowest BCUT2D eigenvalue weighted by atomic mass is 10.1. The van der Waals surface area contributed by atoms with Gasteiger partial charge in [0.1, 0.15) is 0 Å². The molecule has 3 nitrogen and oxygen atoms in total. The molecule has 2 N–H and O–H groups in total. The summed E-state index contributed by atoms with van der Waals surface area (Å²) in [6.07, 6.45) is 6.46. The fourth-order valence-electron chi connectivity index (χ4n) is 1.15. The van der Waals surface area contributed by atoms with Crippen LogP contribution in [0.25, 0.3) is 0 Å². The van der Waals surface area contributed by atoms with Crippen LogP contribution in [0.3, 0.4) is 0 Å². The molecule has 0 aromatic carbocycles. The Morgan fingerprint density at radius 2 is 1.64 bits per heavy atom. The molecule has 82 valence electrons. The third-order valence-electron chi connectivity index (χ3n) is 1.92. The number of hydrogen-bond acceptors (Lipinski definition) is 3. The van der Waals surface area contributed by atoms with E-state index in [4.69, 9.17) is 17.4 Å². The second-order valence-corrected chi connectivity index (χ2v) is 4.53. The summed E-state index contributed by atoms with van der Waals surface area (Å²) < 4.78 is 0.768. The Morgan fingerprint density at radius 1 is 1.14 bits per heavy atom. The SMILES string of the molecule is O=C(CCCCCCCC(=S)S)NO. The van der Waals surface area contributed by atoms with Crippen LogP contribution in [-0.4, -0.2) is 15.3 Å². The maximum absolute atomic E-state index is 10.6. The van der Waals surface area contributed by atoms with Gasteiger partial charge in [-0.05, 0) is 19.3 Å². The van der Waals surface area contributed by atoms with Crippen LogP contribution in [0.4, 0.5) is 0 Å². The van der Waals surface area contributed by atoms with Gasteiger partial charge >= 0.3 is 0 Å². The quantitative estimate of drug-likeness (QED) is 0.199. The molecule has 0 rings (SSSR count). The third kappa shape index (κ3) is 9.95. The average Bonchev–Trinajstić information content (AvgIpc) is 2.15. The summed E-state index contributed by atoms with van der Waals surface area (Å²) >= 11 is 8.86. The lowest BCUT2D eigenvalue weighted by Crippen LogP contribution is -2.17. The molecule has 0 aliphatic heterocycles. The number of rotatable bonds is 8. The number of thiol groups is 1. The van der Waals surface area contributed by atoms with Crippen molar-refractivity contribution < 1.29 is 10.0 Å². The van der Waals surface area contributed by atoms with Crippen LogP contribution in [0.1, 0.15) is 44.9 Å². The normalized spacial score (nSPS) is 9.86. The second kappa shape index (κ2) is 9.43. The van der Waals surface area contributed by atoms with Gasteiger partial charge in [0.25, 0.3) is 0 Å². The number of nitrogens with one attached hydrogen (secondary N) is 1. The smallest absolute Gasteiger partial charge is 0.243 e. The molecule has 1 amide bonds. The van der Waals surface area contributed by atoms with Crippen molar-refractivity contribution >= 4 is 35.0 Å². The molecule has 0 fully saturated rings. The molecule has 0 aliphatic rings. The first-order valence-electron chi connectivity index (χ1n) is 4.81. The van der Waals surface area contributed by atoms with Gasteiger partial charge in [-0.2, -0.15) is 0 Å². The molecule has 0 aliphatic carbocycles. The van der Waals surface area contributed by atoms with Gasteiger partial charge in [0, 0.05) is 10.6 Å². The largest absolute Gasteiger partial charge is 0.289 e. The molecule has 0 atom stereocenters. The maximum Gasteiger partial charge on any atom is 0.243 e. The van der Waals surface area contributed by atoms with Crippen LogP contribution in [0, 0.1) is 0 Å². The topological polar surface area (TPSA) is 49.3 Å². The zero-order valence-electron chi connectivity index (χ0n) is 8.16. The Balaban J connectivity index is 3.06. The van der Waals surface area contributed by atoms with Gasteiger partial charge in [-0.15, -0.1) is 12.6 Å². The van der Waals surface area contributed by atoms with Crippen LogP contribution in [0.2, 0.25) is 0 Å². The monoisotopic (exact) mass is 235 g/mol. The summed E-state index contributed by atoms with van der Waals surface area (Å²) in [6, 6.07) is 0. The Morgan fingerprint density at radius 3 is 2.14 bits per heavy atom. The molecule has 14 heavy (non-hydrogen) atoms. The summed E-state index contributed by atoms with van der Waals surface area (Å²) in [7, 11) is 0. The molecule has 0 unspecified atom stereocenters. The molecule has 0 aromatic rings. The first-order chi connectivity index (χ1) is 6.66. The predicted octanol–water partition coefficient (Wildman–Crippen LogP) is 2.48. The lowest BCUT2D eigenvalue weighted by Gasteiger charge is -2.00. The molecular formula is C9H17NO2S2. The van der Waals surface area contributed by atoms with Gasteiger partial charge in [-0.25, -0.2) is 5.48 Å². The van der Waals surface area contributed by atoms with E-state index in [1.54, 1.807) is 5.48 Å². The van der Waals surface area contributed by atoms with Crippen molar-refractivity contribution in [2.24, 2.45) is 0 Å². The number of hydrogen-bond donors (Lipinski definition) is 3. The second-order valence-electron chi connectivity index (χ2n) is 3.20. The minimum absolute atomic E-state index is 0.304. The number of hydroxylamine groups is 1. The van der Waals surface area contributed by atoms with Gasteiger partial charge in [0.15, 0.2) is 0 Å². The van der Waals surface area contributed by atoms with E-state index in [0.29, 0.717) is 6.42 Å². The zero-order chi connectivity index (χ0) is 10.8. The highest BCUT2D eigenvalue weighted by Crippen LogP contribution is 2.08. The van der Waals surface area contributed by atoms with E-state index in [0.717, 1.165) is 42.7 Å². The minimum atomic E-state index is -0.304. The Bertz CT molecular complexity index is 186. The van der Waals surface area contributed by atoms with Crippen molar-refractivity contribution in [3.63, 3.8) is 0 Å². The zero-order valence-corrected chi connectivity index (χ0v) is 9.87. The summed E-state index contributed by atoms with van der Waals surface area (Å²) in [5.41, 5.74) is 1.62. The summed E-state index contributed by atoms with van der Waals surface area (Å²) in [6.45, 7) is 0. The Kier molecular flexibility index (Phi) is 9.34. The van der Waals surface area contributed by atoms with E-state index >= 15 is 0 Å². The van der Waals surface area contributed by atoms with E-state index in [1.807, 2.05) is 0 Å². The molecule has 0 heterocycles. The molecule has 0 spiro atoms. The minimum Gasteiger partial charge on any atom is -0.289 e. The van der Waals surface area contributed by atoms with Crippen molar-refractivity contribution in [1.82, 2.24) is 5.48 Å². The first-order valence-corrected chi connectivity index (χ1v) is 5.67. The van der Waals surface area contributed by atoms with E-state index in [-0.39, 0.29) is 5.91 Å². The highest BCUT2D eigenvalue weighted by atomic mass is 32.1. The number of carbonyl (C=O) groups is 1. The molecule has 0 saturated carbocycles. The maximum atomic E-state index is 10.6. The third-order valence-corrected chi connectivity index (χ3v) is 2.35. The highest BCUT2D eigenvalue weighted by Gasteiger charge is 1.98. The van der Waals surface area contributed by atoms with E-state index in [2.05, 4.69) is 12.6 Å². The van der Waals surface area contributed by atoms with E-state index < -0.39 is 0 Å². The van der Waals surface area contributed by atoms with Crippen molar-refractivity contribution in [2.45, 2.75) is 44.9 Å². The van der Waals surface area contributed by atoms with Crippen molar-refractivity contribution in [3.8, 4) is 0 Å². The molecular weight excluding hydrogens is 218 g/mol. The molecule has 0 radical (unpaired) electrons. The van der Waals surface area contributed by atoms with E-state index in [9.17, 15) is 4.79 Å². The van der Waals surface area contributed by atoms with Crippen molar-refractivity contribution in [2.75, 3.05) is 0 Å². The predicted molar refractivity (Wildman–Crippen MR) is 63.8 cm³/mol. The molecule has 5 heteroatoms. The van der Waals surface area contributed by atoms with Crippen LogP contribution >= 0.6 is 24.8 Å².